The van der Waals surface area contributed by atoms with Crippen LogP contribution in [0.1, 0.15) is 11.1 Å². The third-order valence-corrected chi connectivity index (χ3v) is 3.96. The number of para-hydroxylation sites is 1. The maximum atomic E-state index is 12.8. The van der Waals surface area contributed by atoms with Crippen LogP contribution in [0, 0.1) is 11.3 Å². The molecule has 0 bridgehead atoms. The van der Waals surface area contributed by atoms with Crippen LogP contribution < -0.4 is 10.1 Å². The van der Waals surface area contributed by atoms with Crippen LogP contribution in [-0.2, 0) is 11.0 Å². The number of nitrogens with one attached hydrogen (secondary N) is 1. The van der Waals surface area contributed by atoms with Gasteiger partial charge in [0.05, 0.1) is 5.56 Å². The van der Waals surface area contributed by atoms with Gasteiger partial charge in [-0.15, -0.1) is 0 Å². The topological polar surface area (TPSA) is 62.1 Å². The minimum atomic E-state index is -4.53. The Labute approximate surface area is 170 Å². The van der Waals surface area contributed by atoms with E-state index in [2.05, 4.69) is 5.32 Å². The van der Waals surface area contributed by atoms with Gasteiger partial charge in [0.2, 0.25) is 0 Å². The van der Waals surface area contributed by atoms with Gasteiger partial charge in [-0.3, -0.25) is 4.79 Å². The van der Waals surface area contributed by atoms with E-state index in [0.717, 1.165) is 12.1 Å². The van der Waals surface area contributed by atoms with Crippen molar-refractivity contribution in [2.45, 2.75) is 6.18 Å². The molecule has 1 amide bonds. The molecular formula is C23H15F3N2O2. The second-order valence-corrected chi connectivity index (χ2v) is 6.19. The summed E-state index contributed by atoms with van der Waals surface area (Å²) in [5.74, 6) is 0.318. The summed E-state index contributed by atoms with van der Waals surface area (Å²) >= 11 is 0. The summed E-state index contributed by atoms with van der Waals surface area (Å²) in [5.41, 5.74) is -0.686. The van der Waals surface area contributed by atoms with E-state index in [1.807, 2.05) is 18.2 Å². The number of hydrogen-bond acceptors (Lipinski definition) is 3. The van der Waals surface area contributed by atoms with Crippen molar-refractivity contribution >= 4 is 17.7 Å². The monoisotopic (exact) mass is 408 g/mol. The lowest BCUT2D eigenvalue weighted by Crippen LogP contribution is -2.14. The molecule has 3 rings (SSSR count). The number of benzene rings is 3. The Morgan fingerprint density at radius 1 is 0.933 bits per heavy atom. The fourth-order valence-electron chi connectivity index (χ4n) is 2.58. The van der Waals surface area contributed by atoms with E-state index in [1.165, 1.54) is 18.2 Å². The Balaban J connectivity index is 1.78. The van der Waals surface area contributed by atoms with Gasteiger partial charge in [-0.25, -0.2) is 0 Å². The Bertz CT molecular complexity index is 1120. The van der Waals surface area contributed by atoms with E-state index in [0.29, 0.717) is 17.1 Å². The van der Waals surface area contributed by atoms with Crippen LogP contribution in [0.3, 0.4) is 0 Å². The lowest BCUT2D eigenvalue weighted by Gasteiger charge is -2.09. The summed E-state index contributed by atoms with van der Waals surface area (Å²) in [7, 11) is 0. The zero-order valence-corrected chi connectivity index (χ0v) is 15.5. The first-order valence-electron chi connectivity index (χ1n) is 8.78. The molecule has 0 radical (unpaired) electrons. The smallest absolute Gasteiger partial charge is 0.416 e. The SMILES string of the molecule is N#C/C(=C/c1cccc(Oc2ccccc2)c1)C(=O)Nc1cccc(C(F)(F)F)c1. The quantitative estimate of drug-likeness (QED) is 0.413. The predicted molar refractivity (Wildman–Crippen MR) is 107 cm³/mol. The van der Waals surface area contributed by atoms with Gasteiger partial charge in [-0.2, -0.15) is 18.4 Å². The Morgan fingerprint density at radius 2 is 1.63 bits per heavy atom. The Kier molecular flexibility index (Phi) is 6.18. The van der Waals surface area contributed by atoms with Gasteiger partial charge in [0.15, 0.2) is 0 Å². The van der Waals surface area contributed by atoms with Crippen molar-refractivity contribution in [2.24, 2.45) is 0 Å². The van der Waals surface area contributed by atoms with E-state index in [-0.39, 0.29) is 11.3 Å². The van der Waals surface area contributed by atoms with Crippen molar-refractivity contribution in [3.63, 3.8) is 0 Å². The normalized spacial score (nSPS) is 11.5. The molecule has 0 aliphatic rings. The van der Waals surface area contributed by atoms with Gasteiger partial charge in [0, 0.05) is 5.69 Å². The molecule has 7 heteroatoms. The van der Waals surface area contributed by atoms with Gasteiger partial charge >= 0.3 is 6.18 Å². The first-order chi connectivity index (χ1) is 14.3. The van der Waals surface area contributed by atoms with E-state index in [4.69, 9.17) is 4.74 Å². The van der Waals surface area contributed by atoms with Crippen molar-refractivity contribution in [3.05, 3.63) is 95.6 Å². The highest BCUT2D eigenvalue weighted by Crippen LogP contribution is 2.30. The van der Waals surface area contributed by atoms with Gasteiger partial charge in [-0.1, -0.05) is 36.4 Å². The summed E-state index contributed by atoms with van der Waals surface area (Å²) in [4.78, 5) is 12.4. The third-order valence-electron chi connectivity index (χ3n) is 3.96. The van der Waals surface area contributed by atoms with Crippen LogP contribution in [0.4, 0.5) is 18.9 Å². The number of carbonyl (C=O) groups excluding carboxylic acids is 1. The number of halogens is 3. The number of alkyl halides is 3. The van der Waals surface area contributed by atoms with Crippen LogP contribution in [0.25, 0.3) is 6.08 Å². The van der Waals surface area contributed by atoms with Gasteiger partial charge in [0.25, 0.3) is 5.91 Å². The number of nitrogens with zero attached hydrogens (tertiary/aromatic N) is 1. The Morgan fingerprint density at radius 3 is 2.33 bits per heavy atom. The number of anilines is 1. The minimum absolute atomic E-state index is 0.0582. The van der Waals surface area contributed by atoms with E-state index < -0.39 is 17.6 Å². The highest BCUT2D eigenvalue weighted by atomic mass is 19.4. The molecule has 0 atom stereocenters. The van der Waals surface area contributed by atoms with Gasteiger partial charge in [-0.05, 0) is 54.1 Å². The van der Waals surface area contributed by atoms with Crippen molar-refractivity contribution in [1.82, 2.24) is 0 Å². The molecule has 1 N–H and O–H groups in total. The maximum absolute atomic E-state index is 12.8. The summed E-state index contributed by atoms with van der Waals surface area (Å²) in [5, 5.41) is 11.7. The number of ether oxygens (including phenoxy) is 1. The molecule has 4 nitrogen and oxygen atoms in total. The molecule has 0 aromatic heterocycles. The molecule has 0 spiro atoms. The Hall–Kier alpha value is -4.05. The van der Waals surface area contributed by atoms with Crippen molar-refractivity contribution < 1.29 is 22.7 Å². The number of carbonyl (C=O) groups is 1. The first kappa shape index (κ1) is 20.7. The van der Waals surface area contributed by atoms with Crippen molar-refractivity contribution in [3.8, 4) is 17.6 Å². The predicted octanol–water partition coefficient (Wildman–Crippen LogP) is 6.04. The second kappa shape index (κ2) is 8.97. The fourth-order valence-corrected chi connectivity index (χ4v) is 2.58. The number of rotatable bonds is 5. The number of hydrogen-bond donors (Lipinski definition) is 1. The zero-order valence-electron chi connectivity index (χ0n) is 15.5. The van der Waals surface area contributed by atoms with Crippen molar-refractivity contribution in [2.75, 3.05) is 5.32 Å². The average molecular weight is 408 g/mol. The third kappa shape index (κ3) is 5.49. The van der Waals surface area contributed by atoms with Crippen LogP contribution in [0.2, 0.25) is 0 Å². The minimum Gasteiger partial charge on any atom is -0.457 e. The maximum Gasteiger partial charge on any atom is 0.416 e. The van der Waals surface area contributed by atoms with Crippen LogP contribution in [0.5, 0.6) is 11.5 Å². The van der Waals surface area contributed by atoms with Crippen LogP contribution in [0.15, 0.2) is 84.4 Å². The highest BCUT2D eigenvalue weighted by molar-refractivity contribution is 6.09. The molecule has 3 aromatic carbocycles. The summed E-state index contributed by atoms with van der Waals surface area (Å²) in [6.07, 6.45) is -3.20. The van der Waals surface area contributed by atoms with Gasteiger partial charge < -0.3 is 10.1 Å². The van der Waals surface area contributed by atoms with E-state index in [1.54, 1.807) is 42.5 Å². The lowest BCUT2D eigenvalue weighted by atomic mass is 10.1. The molecule has 0 fully saturated rings. The van der Waals surface area contributed by atoms with E-state index >= 15 is 0 Å². The molecule has 30 heavy (non-hydrogen) atoms. The number of amides is 1. The van der Waals surface area contributed by atoms with Crippen LogP contribution in [-0.4, -0.2) is 5.91 Å². The molecule has 0 heterocycles. The highest BCUT2D eigenvalue weighted by Gasteiger charge is 2.30. The first-order valence-corrected chi connectivity index (χ1v) is 8.78. The standard InChI is InChI=1S/C23H15F3N2O2/c24-23(25,26)18-7-5-8-19(14-18)28-22(29)17(15-27)12-16-6-4-11-21(13-16)30-20-9-2-1-3-10-20/h1-14H,(H,28,29)/b17-12-. The van der Waals surface area contributed by atoms with E-state index in [9.17, 15) is 23.2 Å². The average Bonchev–Trinajstić information content (AvgIpc) is 2.72. The number of nitriles is 1. The fraction of sp³-hybridized carbons (Fsp3) is 0.0435. The summed E-state index contributed by atoms with van der Waals surface area (Å²) < 4.78 is 44.2. The molecule has 150 valence electrons. The van der Waals surface area contributed by atoms with Gasteiger partial charge in [0.1, 0.15) is 23.1 Å². The molecule has 0 unspecified atom stereocenters. The second-order valence-electron chi connectivity index (χ2n) is 6.19. The molecule has 0 saturated heterocycles. The molecule has 3 aromatic rings. The summed E-state index contributed by atoms with van der Waals surface area (Å²) in [6, 6.07) is 21.8. The largest absolute Gasteiger partial charge is 0.457 e. The molecule has 0 aliphatic heterocycles. The summed E-state index contributed by atoms with van der Waals surface area (Å²) in [6.45, 7) is 0. The molecule has 0 saturated carbocycles. The zero-order chi connectivity index (χ0) is 21.6. The molecule has 0 aliphatic carbocycles. The molecular weight excluding hydrogens is 393 g/mol. The van der Waals surface area contributed by atoms with Crippen LogP contribution >= 0.6 is 0 Å². The van der Waals surface area contributed by atoms with Crippen molar-refractivity contribution in [1.29, 1.82) is 5.26 Å². The lowest BCUT2D eigenvalue weighted by molar-refractivity contribution is -0.137.